The smallest absolute Gasteiger partial charge is 0.220 e. The van der Waals surface area contributed by atoms with Gasteiger partial charge in [0.05, 0.1) is 21.3 Å². The molecule has 0 fully saturated rings. The van der Waals surface area contributed by atoms with Gasteiger partial charge in [-0.1, -0.05) is 18.2 Å². The normalized spacial score (nSPS) is 10.3. The molecule has 2 rings (SSSR count). The Labute approximate surface area is 155 Å². The third kappa shape index (κ3) is 5.99. The van der Waals surface area contributed by atoms with Crippen LogP contribution in [0.4, 0.5) is 0 Å². The maximum Gasteiger partial charge on any atom is 0.220 e. The van der Waals surface area contributed by atoms with Crippen LogP contribution in [-0.4, -0.2) is 33.8 Å². The van der Waals surface area contributed by atoms with Gasteiger partial charge >= 0.3 is 0 Å². The number of nitrogens with one attached hydrogen (secondary N) is 1. The van der Waals surface area contributed by atoms with Crippen LogP contribution in [0.25, 0.3) is 0 Å². The van der Waals surface area contributed by atoms with E-state index in [1.54, 1.807) is 21.3 Å². The summed E-state index contributed by atoms with van der Waals surface area (Å²) >= 11 is 0. The first kappa shape index (κ1) is 19.6. The molecule has 26 heavy (non-hydrogen) atoms. The van der Waals surface area contributed by atoms with Crippen molar-refractivity contribution in [3.8, 4) is 17.2 Å². The number of amides is 1. The Bertz CT molecular complexity index is 698. The first-order valence-electron chi connectivity index (χ1n) is 8.76. The molecule has 0 spiro atoms. The molecule has 0 radical (unpaired) electrons. The van der Waals surface area contributed by atoms with Crippen LogP contribution in [0.15, 0.2) is 42.5 Å². The van der Waals surface area contributed by atoms with E-state index >= 15 is 0 Å². The summed E-state index contributed by atoms with van der Waals surface area (Å²) in [5.74, 6) is 2.36. The zero-order valence-corrected chi connectivity index (χ0v) is 15.7. The van der Waals surface area contributed by atoms with Gasteiger partial charge in [0.25, 0.3) is 0 Å². The maximum absolute atomic E-state index is 12.0. The SMILES string of the molecule is COc1ccc(CCNC(=O)CCCc2ccc(OC)c(OC)c2)cc1. The van der Waals surface area contributed by atoms with Crippen molar-refractivity contribution in [3.63, 3.8) is 0 Å². The molecule has 0 saturated carbocycles. The molecule has 0 aliphatic rings. The number of carbonyl (C=O) groups is 1. The molecule has 0 unspecified atom stereocenters. The summed E-state index contributed by atoms with van der Waals surface area (Å²) in [6.45, 7) is 0.640. The van der Waals surface area contributed by atoms with Crippen molar-refractivity contribution >= 4 is 5.91 Å². The van der Waals surface area contributed by atoms with Gasteiger partial charge in [0.2, 0.25) is 5.91 Å². The van der Waals surface area contributed by atoms with Gasteiger partial charge in [0.15, 0.2) is 11.5 Å². The van der Waals surface area contributed by atoms with Crippen LogP contribution in [0.3, 0.4) is 0 Å². The second-order valence-electron chi connectivity index (χ2n) is 5.99. The molecular weight excluding hydrogens is 330 g/mol. The molecule has 2 aromatic rings. The summed E-state index contributed by atoms with van der Waals surface area (Å²) in [7, 11) is 4.89. The topological polar surface area (TPSA) is 56.8 Å². The molecule has 5 nitrogen and oxygen atoms in total. The molecular formula is C21H27NO4. The average Bonchev–Trinajstić information content (AvgIpc) is 2.68. The fourth-order valence-corrected chi connectivity index (χ4v) is 2.72. The molecule has 0 saturated heterocycles. The van der Waals surface area contributed by atoms with E-state index in [-0.39, 0.29) is 5.91 Å². The first-order chi connectivity index (χ1) is 12.7. The van der Waals surface area contributed by atoms with E-state index in [2.05, 4.69) is 5.32 Å². The Morgan fingerprint density at radius 2 is 1.54 bits per heavy atom. The fourth-order valence-electron chi connectivity index (χ4n) is 2.72. The Morgan fingerprint density at radius 1 is 0.846 bits per heavy atom. The maximum atomic E-state index is 12.0. The molecule has 140 valence electrons. The van der Waals surface area contributed by atoms with Gasteiger partial charge in [-0.2, -0.15) is 0 Å². The van der Waals surface area contributed by atoms with E-state index < -0.39 is 0 Å². The fraction of sp³-hybridized carbons (Fsp3) is 0.381. The minimum atomic E-state index is 0.0824. The summed E-state index contributed by atoms with van der Waals surface area (Å²) in [5, 5.41) is 2.97. The lowest BCUT2D eigenvalue weighted by Gasteiger charge is -2.10. The number of ether oxygens (including phenoxy) is 3. The second kappa shape index (κ2) is 10.3. The van der Waals surface area contributed by atoms with Gasteiger partial charge in [-0.05, 0) is 54.7 Å². The standard InChI is InChI=1S/C21H27NO4/c1-24-18-10-7-16(8-11-18)13-14-22-21(23)6-4-5-17-9-12-19(25-2)20(15-17)26-3/h7-12,15H,4-6,13-14H2,1-3H3,(H,22,23). The number of carbonyl (C=O) groups excluding carboxylic acids is 1. The molecule has 0 aliphatic carbocycles. The third-order valence-corrected chi connectivity index (χ3v) is 4.21. The zero-order valence-electron chi connectivity index (χ0n) is 15.7. The monoisotopic (exact) mass is 357 g/mol. The summed E-state index contributed by atoms with van der Waals surface area (Å²) in [6, 6.07) is 13.7. The molecule has 0 aliphatic heterocycles. The highest BCUT2D eigenvalue weighted by Crippen LogP contribution is 2.28. The van der Waals surface area contributed by atoms with Crippen LogP contribution >= 0.6 is 0 Å². The lowest BCUT2D eigenvalue weighted by Crippen LogP contribution is -2.25. The minimum absolute atomic E-state index is 0.0824. The van der Waals surface area contributed by atoms with E-state index in [4.69, 9.17) is 14.2 Å². The number of hydrogen-bond donors (Lipinski definition) is 1. The quantitative estimate of drug-likeness (QED) is 0.708. The van der Waals surface area contributed by atoms with Crippen LogP contribution in [-0.2, 0) is 17.6 Å². The zero-order chi connectivity index (χ0) is 18.8. The Morgan fingerprint density at radius 3 is 2.19 bits per heavy atom. The Kier molecular flexibility index (Phi) is 7.80. The summed E-state index contributed by atoms with van der Waals surface area (Å²) in [6.07, 6.45) is 2.94. The highest BCUT2D eigenvalue weighted by atomic mass is 16.5. The van der Waals surface area contributed by atoms with E-state index in [1.807, 2.05) is 42.5 Å². The summed E-state index contributed by atoms with van der Waals surface area (Å²) < 4.78 is 15.7. The van der Waals surface area contributed by atoms with E-state index in [1.165, 1.54) is 5.56 Å². The van der Waals surface area contributed by atoms with Crippen LogP contribution in [0.2, 0.25) is 0 Å². The van der Waals surface area contributed by atoms with Crippen molar-refractivity contribution < 1.29 is 19.0 Å². The third-order valence-electron chi connectivity index (χ3n) is 4.21. The average molecular weight is 357 g/mol. The second-order valence-corrected chi connectivity index (χ2v) is 5.99. The molecule has 2 aromatic carbocycles. The Hall–Kier alpha value is -2.69. The van der Waals surface area contributed by atoms with E-state index in [9.17, 15) is 4.79 Å². The molecule has 0 bridgehead atoms. The molecule has 1 amide bonds. The number of hydrogen-bond acceptors (Lipinski definition) is 4. The van der Waals surface area contributed by atoms with E-state index in [0.717, 1.165) is 30.6 Å². The van der Waals surface area contributed by atoms with Gasteiger partial charge in [-0.25, -0.2) is 0 Å². The predicted molar refractivity (Wildman–Crippen MR) is 102 cm³/mol. The predicted octanol–water partition coefficient (Wildman–Crippen LogP) is 3.39. The lowest BCUT2D eigenvalue weighted by atomic mass is 10.1. The number of aryl methyl sites for hydroxylation is 1. The molecule has 1 N–H and O–H groups in total. The van der Waals surface area contributed by atoms with Crippen LogP contribution < -0.4 is 19.5 Å². The van der Waals surface area contributed by atoms with Crippen molar-refractivity contribution in [3.05, 3.63) is 53.6 Å². The highest BCUT2D eigenvalue weighted by Gasteiger charge is 2.06. The summed E-state index contributed by atoms with van der Waals surface area (Å²) in [5.41, 5.74) is 2.31. The Balaban J connectivity index is 1.68. The minimum Gasteiger partial charge on any atom is -0.497 e. The highest BCUT2D eigenvalue weighted by molar-refractivity contribution is 5.75. The lowest BCUT2D eigenvalue weighted by molar-refractivity contribution is -0.121. The van der Waals surface area contributed by atoms with Crippen molar-refractivity contribution in [1.29, 1.82) is 0 Å². The van der Waals surface area contributed by atoms with Crippen molar-refractivity contribution in [1.82, 2.24) is 5.32 Å². The first-order valence-corrected chi connectivity index (χ1v) is 8.76. The van der Waals surface area contributed by atoms with Crippen LogP contribution in [0, 0.1) is 0 Å². The summed E-state index contributed by atoms with van der Waals surface area (Å²) in [4.78, 5) is 12.0. The van der Waals surface area contributed by atoms with Crippen molar-refractivity contribution in [2.75, 3.05) is 27.9 Å². The van der Waals surface area contributed by atoms with Gasteiger partial charge in [0.1, 0.15) is 5.75 Å². The van der Waals surface area contributed by atoms with Crippen LogP contribution in [0.5, 0.6) is 17.2 Å². The van der Waals surface area contributed by atoms with Crippen molar-refractivity contribution in [2.45, 2.75) is 25.7 Å². The molecule has 0 aromatic heterocycles. The largest absolute Gasteiger partial charge is 0.497 e. The molecule has 5 heteroatoms. The van der Waals surface area contributed by atoms with Gasteiger partial charge in [-0.3, -0.25) is 4.79 Å². The van der Waals surface area contributed by atoms with Gasteiger partial charge < -0.3 is 19.5 Å². The number of rotatable bonds is 10. The molecule has 0 heterocycles. The molecule has 0 atom stereocenters. The van der Waals surface area contributed by atoms with E-state index in [0.29, 0.717) is 24.5 Å². The van der Waals surface area contributed by atoms with Crippen molar-refractivity contribution in [2.24, 2.45) is 0 Å². The van der Waals surface area contributed by atoms with Crippen LogP contribution in [0.1, 0.15) is 24.0 Å². The van der Waals surface area contributed by atoms with Gasteiger partial charge in [-0.15, -0.1) is 0 Å². The van der Waals surface area contributed by atoms with Gasteiger partial charge in [0, 0.05) is 13.0 Å². The number of methoxy groups -OCH3 is 3. The number of benzene rings is 2.